The average Bonchev–Trinajstić information content (AvgIpc) is 3.11. The van der Waals surface area contributed by atoms with Crippen molar-refractivity contribution in [3.8, 4) is 0 Å². The van der Waals surface area contributed by atoms with Crippen molar-refractivity contribution in [2.24, 2.45) is 0 Å². The van der Waals surface area contributed by atoms with Crippen LogP contribution in [0.1, 0.15) is 5.56 Å². The molecule has 5 rings (SSSR count). The van der Waals surface area contributed by atoms with E-state index in [4.69, 9.17) is 0 Å². The van der Waals surface area contributed by atoms with Crippen molar-refractivity contribution in [1.82, 2.24) is 14.1 Å². The lowest BCUT2D eigenvalue weighted by Crippen LogP contribution is -2.25. The first-order valence-corrected chi connectivity index (χ1v) is 10.1. The van der Waals surface area contributed by atoms with Crippen LogP contribution in [0, 0.1) is 0 Å². The van der Waals surface area contributed by atoms with Gasteiger partial charge in [-0.1, -0.05) is 66.7 Å². The van der Waals surface area contributed by atoms with E-state index in [1.807, 2.05) is 84.9 Å². The van der Waals surface area contributed by atoms with Crippen LogP contribution in [-0.4, -0.2) is 20.0 Å². The Morgan fingerprint density at radius 2 is 1.55 bits per heavy atom. The second kappa shape index (κ2) is 7.91. The molecule has 0 aliphatic rings. The van der Waals surface area contributed by atoms with E-state index in [0.29, 0.717) is 23.3 Å². The highest BCUT2D eigenvalue weighted by Crippen LogP contribution is 2.25. The summed E-state index contributed by atoms with van der Waals surface area (Å²) in [5.74, 6) is -0.202. The number of para-hydroxylation sites is 2. The van der Waals surface area contributed by atoms with E-state index in [1.54, 1.807) is 15.5 Å². The molecule has 2 aromatic heterocycles. The zero-order chi connectivity index (χ0) is 21.2. The van der Waals surface area contributed by atoms with Crippen molar-refractivity contribution in [3.05, 3.63) is 107 Å². The van der Waals surface area contributed by atoms with Crippen molar-refractivity contribution in [3.63, 3.8) is 0 Å². The smallest absolute Gasteiger partial charge is 0.278 e. The maximum Gasteiger partial charge on any atom is 0.278 e. The molecule has 31 heavy (non-hydrogen) atoms. The molecular weight excluding hydrogens is 388 g/mol. The van der Waals surface area contributed by atoms with Gasteiger partial charge >= 0.3 is 0 Å². The Balaban J connectivity index is 1.60. The number of anilines is 1. The molecule has 0 atom stereocenters. The van der Waals surface area contributed by atoms with Gasteiger partial charge in [0, 0.05) is 11.1 Å². The van der Waals surface area contributed by atoms with Gasteiger partial charge in [-0.25, -0.2) is 4.98 Å². The third-order valence-electron chi connectivity index (χ3n) is 5.29. The topological polar surface area (TPSA) is 68.9 Å². The van der Waals surface area contributed by atoms with Crippen molar-refractivity contribution >= 4 is 33.5 Å². The van der Waals surface area contributed by atoms with Crippen LogP contribution in [-0.2, 0) is 17.9 Å². The van der Waals surface area contributed by atoms with Crippen LogP contribution in [0.4, 0.5) is 5.69 Å². The van der Waals surface area contributed by atoms with Crippen LogP contribution in [0.5, 0.6) is 0 Å². The zero-order valence-electron chi connectivity index (χ0n) is 16.7. The van der Waals surface area contributed by atoms with Gasteiger partial charge in [0.15, 0.2) is 0 Å². The van der Waals surface area contributed by atoms with Gasteiger partial charge in [0.2, 0.25) is 5.91 Å². The summed E-state index contributed by atoms with van der Waals surface area (Å²) in [5.41, 5.74) is 3.41. The Morgan fingerprint density at radius 1 is 0.871 bits per heavy atom. The SMILES string of the molecule is O=C(Cn1c2ccccc2c2ncn(Cc3ccccc3)c(=O)c21)Nc1ccccc1. The second-order valence-corrected chi connectivity index (χ2v) is 7.38. The molecule has 0 aliphatic carbocycles. The molecule has 6 heteroatoms. The number of nitrogens with zero attached hydrogens (tertiary/aromatic N) is 3. The first kappa shape index (κ1) is 18.8. The molecule has 3 aromatic carbocycles. The fourth-order valence-corrected chi connectivity index (χ4v) is 3.87. The van der Waals surface area contributed by atoms with E-state index in [0.717, 1.165) is 16.5 Å². The lowest BCUT2D eigenvalue weighted by Gasteiger charge is -2.10. The Hall–Kier alpha value is -4.19. The number of carbonyl (C=O) groups excluding carboxylic acids is 1. The molecule has 0 radical (unpaired) electrons. The van der Waals surface area contributed by atoms with Crippen LogP contribution < -0.4 is 10.9 Å². The Labute approximate surface area is 178 Å². The molecule has 6 nitrogen and oxygen atoms in total. The van der Waals surface area contributed by atoms with E-state index >= 15 is 0 Å². The van der Waals surface area contributed by atoms with E-state index in [9.17, 15) is 9.59 Å². The minimum atomic E-state index is -0.202. The predicted octanol–water partition coefficient (Wildman–Crippen LogP) is 4.04. The number of amides is 1. The molecular formula is C25H20N4O2. The zero-order valence-corrected chi connectivity index (χ0v) is 16.7. The van der Waals surface area contributed by atoms with E-state index in [1.165, 1.54) is 0 Å². The van der Waals surface area contributed by atoms with Crippen molar-refractivity contribution in [1.29, 1.82) is 0 Å². The molecule has 0 bridgehead atoms. The number of hydrogen-bond donors (Lipinski definition) is 1. The van der Waals surface area contributed by atoms with Crippen LogP contribution >= 0.6 is 0 Å². The number of benzene rings is 3. The monoisotopic (exact) mass is 408 g/mol. The summed E-state index contributed by atoms with van der Waals surface area (Å²) < 4.78 is 3.35. The van der Waals surface area contributed by atoms with Gasteiger partial charge < -0.3 is 9.88 Å². The highest BCUT2D eigenvalue weighted by atomic mass is 16.2. The van der Waals surface area contributed by atoms with Gasteiger partial charge in [-0.15, -0.1) is 0 Å². The summed E-state index contributed by atoms with van der Waals surface area (Å²) in [4.78, 5) is 30.8. The first-order valence-electron chi connectivity index (χ1n) is 10.1. The number of fused-ring (bicyclic) bond motifs is 3. The summed E-state index contributed by atoms with van der Waals surface area (Å²) in [6.45, 7) is 0.436. The molecule has 0 spiro atoms. The average molecular weight is 408 g/mol. The quantitative estimate of drug-likeness (QED) is 0.477. The van der Waals surface area contributed by atoms with Crippen LogP contribution in [0.25, 0.3) is 21.9 Å². The van der Waals surface area contributed by atoms with Crippen molar-refractivity contribution in [2.45, 2.75) is 13.1 Å². The molecule has 152 valence electrons. The van der Waals surface area contributed by atoms with Crippen molar-refractivity contribution < 1.29 is 4.79 Å². The molecule has 2 heterocycles. The standard InChI is InChI=1S/C25H20N4O2/c30-22(27-19-11-5-2-6-12-19)16-29-21-14-8-7-13-20(21)23-24(29)25(31)28(17-26-23)15-18-9-3-1-4-10-18/h1-14,17H,15-16H2,(H,27,30). The second-order valence-electron chi connectivity index (χ2n) is 7.38. The van der Waals surface area contributed by atoms with E-state index < -0.39 is 0 Å². The summed E-state index contributed by atoms with van der Waals surface area (Å²) in [5, 5.41) is 3.75. The molecule has 5 aromatic rings. The normalized spacial score (nSPS) is 11.1. The van der Waals surface area contributed by atoms with E-state index in [-0.39, 0.29) is 18.0 Å². The minimum Gasteiger partial charge on any atom is -0.325 e. The van der Waals surface area contributed by atoms with Crippen LogP contribution in [0.15, 0.2) is 96.1 Å². The summed E-state index contributed by atoms with van der Waals surface area (Å²) in [6, 6.07) is 26.7. The highest BCUT2D eigenvalue weighted by molar-refractivity contribution is 6.06. The highest BCUT2D eigenvalue weighted by Gasteiger charge is 2.18. The van der Waals surface area contributed by atoms with Gasteiger partial charge in [0.25, 0.3) is 5.56 Å². The molecule has 0 fully saturated rings. The lowest BCUT2D eigenvalue weighted by molar-refractivity contribution is -0.116. The number of rotatable bonds is 5. The third kappa shape index (κ3) is 3.59. The summed E-state index contributed by atoms with van der Waals surface area (Å²) in [6.07, 6.45) is 1.58. The molecule has 0 unspecified atom stereocenters. The molecule has 0 saturated heterocycles. The fraction of sp³-hybridized carbons (Fsp3) is 0.0800. The predicted molar refractivity (Wildman–Crippen MR) is 122 cm³/mol. The van der Waals surface area contributed by atoms with Gasteiger partial charge in [0.05, 0.1) is 18.4 Å². The van der Waals surface area contributed by atoms with E-state index in [2.05, 4.69) is 10.3 Å². The fourth-order valence-electron chi connectivity index (χ4n) is 3.87. The Kier molecular flexibility index (Phi) is 4.80. The first-order chi connectivity index (χ1) is 15.2. The van der Waals surface area contributed by atoms with Gasteiger partial charge in [-0.3, -0.25) is 14.2 Å². The van der Waals surface area contributed by atoms with Crippen molar-refractivity contribution in [2.75, 3.05) is 5.32 Å². The van der Waals surface area contributed by atoms with Crippen LogP contribution in [0.3, 0.4) is 0 Å². The molecule has 0 saturated carbocycles. The summed E-state index contributed by atoms with van der Waals surface area (Å²) in [7, 11) is 0. The van der Waals surface area contributed by atoms with Gasteiger partial charge in [-0.2, -0.15) is 0 Å². The molecule has 1 N–H and O–H groups in total. The minimum absolute atomic E-state index is 0.0190. The Bertz CT molecular complexity index is 1440. The number of carbonyl (C=O) groups is 1. The largest absolute Gasteiger partial charge is 0.325 e. The van der Waals surface area contributed by atoms with Gasteiger partial charge in [0.1, 0.15) is 17.6 Å². The third-order valence-corrected chi connectivity index (χ3v) is 5.29. The maximum absolute atomic E-state index is 13.4. The maximum atomic E-state index is 13.4. The summed E-state index contributed by atoms with van der Waals surface area (Å²) >= 11 is 0. The van der Waals surface area contributed by atoms with Crippen LogP contribution in [0.2, 0.25) is 0 Å². The number of nitrogens with one attached hydrogen (secondary N) is 1. The van der Waals surface area contributed by atoms with Gasteiger partial charge in [-0.05, 0) is 23.8 Å². The number of hydrogen-bond acceptors (Lipinski definition) is 3. The number of aromatic nitrogens is 3. The molecule has 0 aliphatic heterocycles. The Morgan fingerprint density at radius 3 is 2.32 bits per heavy atom. The lowest BCUT2D eigenvalue weighted by atomic mass is 10.2. The molecule has 1 amide bonds.